The SMILES string of the molecule is N[C@@H]1C[C@H](N)CN(c2nc(Nc3ccc(S(=O)(=O)Nc4ccc5cn[nH]c5c4)cc3)nc(N3C[C@@H](O)[C@@H](O)C3)n2)C1. The van der Waals surface area contributed by atoms with Crippen molar-refractivity contribution in [3.05, 3.63) is 48.7 Å². The van der Waals surface area contributed by atoms with E-state index in [0.717, 1.165) is 5.39 Å². The Morgan fingerprint density at radius 1 is 0.854 bits per heavy atom. The van der Waals surface area contributed by atoms with E-state index >= 15 is 0 Å². The standard InChI is InChI=1S/C25H31N11O4S/c26-15-7-16(27)11-35(10-15)24-30-23(31-25(32-24)36-12-21(37)22(38)13-36)29-17-3-5-19(6-4-17)41(39,40)34-18-2-1-14-9-28-33-20(14)8-18/h1-6,8-9,15-16,21-22,34,37-38H,7,10-13,26-27H2,(H,28,33)(H,29,30,31,32)/t15-,16+,21-,22+. The van der Waals surface area contributed by atoms with Gasteiger partial charge in [-0.15, -0.1) is 0 Å². The number of aromatic amines is 1. The van der Waals surface area contributed by atoms with E-state index in [-0.39, 0.29) is 42.0 Å². The third-order valence-corrected chi connectivity index (χ3v) is 8.46. The van der Waals surface area contributed by atoms with E-state index in [9.17, 15) is 18.6 Å². The van der Waals surface area contributed by atoms with E-state index in [4.69, 9.17) is 11.5 Å². The predicted octanol–water partition coefficient (Wildman–Crippen LogP) is -0.301. The fourth-order valence-corrected chi connectivity index (χ4v) is 6.08. The number of anilines is 5. The largest absolute Gasteiger partial charge is 0.388 e. The summed E-state index contributed by atoms with van der Waals surface area (Å²) in [5.74, 6) is 0.838. The third-order valence-electron chi connectivity index (χ3n) is 7.07. The van der Waals surface area contributed by atoms with Crippen molar-refractivity contribution in [1.29, 1.82) is 0 Å². The molecule has 0 aliphatic carbocycles. The van der Waals surface area contributed by atoms with Gasteiger partial charge in [-0.2, -0.15) is 20.1 Å². The summed E-state index contributed by atoms with van der Waals surface area (Å²) in [6.45, 7) is 1.34. The molecule has 2 aromatic heterocycles. The molecule has 216 valence electrons. The van der Waals surface area contributed by atoms with Gasteiger partial charge in [0.25, 0.3) is 10.0 Å². The summed E-state index contributed by atoms with van der Waals surface area (Å²) < 4.78 is 28.6. The molecule has 2 aliphatic rings. The van der Waals surface area contributed by atoms with E-state index in [1.165, 1.54) is 12.1 Å². The highest BCUT2D eigenvalue weighted by atomic mass is 32.2. The second-order valence-electron chi connectivity index (χ2n) is 10.4. The summed E-state index contributed by atoms with van der Waals surface area (Å²) in [6.07, 6.45) is 0.499. The molecule has 6 rings (SSSR count). The van der Waals surface area contributed by atoms with E-state index in [2.05, 4.69) is 35.2 Å². The first-order valence-electron chi connectivity index (χ1n) is 13.1. The molecule has 9 N–H and O–H groups in total. The number of aliphatic hydroxyl groups excluding tert-OH is 2. The molecule has 0 bridgehead atoms. The molecule has 41 heavy (non-hydrogen) atoms. The quantitative estimate of drug-likeness (QED) is 0.149. The minimum atomic E-state index is -3.85. The fourth-order valence-electron chi connectivity index (χ4n) is 5.03. The second kappa shape index (κ2) is 10.7. The Hall–Kier alpha value is -4.09. The van der Waals surface area contributed by atoms with Gasteiger partial charge in [0.05, 0.1) is 34.5 Å². The lowest BCUT2D eigenvalue weighted by molar-refractivity contribution is 0.0572. The zero-order valence-corrected chi connectivity index (χ0v) is 22.7. The summed E-state index contributed by atoms with van der Waals surface area (Å²) in [5.41, 5.74) is 14.0. The molecular weight excluding hydrogens is 550 g/mol. The molecule has 0 saturated carbocycles. The third kappa shape index (κ3) is 5.86. The smallest absolute Gasteiger partial charge is 0.261 e. The lowest BCUT2D eigenvalue weighted by atomic mass is 10.0. The van der Waals surface area contributed by atoms with Crippen LogP contribution in [0, 0.1) is 0 Å². The number of nitrogens with two attached hydrogens (primary N) is 2. The van der Waals surface area contributed by atoms with Crippen LogP contribution in [0.3, 0.4) is 0 Å². The number of sulfonamides is 1. The number of H-pyrrole nitrogens is 1. The highest BCUT2D eigenvalue weighted by Crippen LogP contribution is 2.26. The first-order valence-corrected chi connectivity index (χ1v) is 14.6. The van der Waals surface area contributed by atoms with Gasteiger partial charge in [0.2, 0.25) is 17.8 Å². The van der Waals surface area contributed by atoms with Crippen molar-refractivity contribution < 1.29 is 18.6 Å². The Morgan fingerprint density at radius 3 is 2.12 bits per heavy atom. The number of hydrogen-bond acceptors (Lipinski definition) is 13. The summed E-state index contributed by atoms with van der Waals surface area (Å²) >= 11 is 0. The van der Waals surface area contributed by atoms with Crippen LogP contribution in [0.25, 0.3) is 10.9 Å². The Kier molecular flexibility index (Phi) is 7.08. The highest BCUT2D eigenvalue weighted by molar-refractivity contribution is 7.92. The summed E-state index contributed by atoms with van der Waals surface area (Å²) in [7, 11) is -3.85. The molecule has 2 aliphatic heterocycles. The normalized spacial score (nSPS) is 23.2. The number of benzene rings is 2. The first-order chi connectivity index (χ1) is 19.6. The maximum Gasteiger partial charge on any atom is 0.261 e. The van der Waals surface area contributed by atoms with Crippen molar-refractivity contribution in [2.45, 2.75) is 35.6 Å². The molecule has 0 radical (unpaired) electrons. The number of rotatable bonds is 7. The number of nitrogens with one attached hydrogen (secondary N) is 3. The molecule has 2 saturated heterocycles. The lowest BCUT2D eigenvalue weighted by Gasteiger charge is -2.35. The molecular formula is C25H31N11O4S. The zero-order valence-electron chi connectivity index (χ0n) is 21.9. The van der Waals surface area contributed by atoms with Crippen LogP contribution in [-0.2, 0) is 10.0 Å². The zero-order chi connectivity index (χ0) is 28.7. The maximum absolute atomic E-state index is 13.0. The Morgan fingerprint density at radius 2 is 1.46 bits per heavy atom. The van der Waals surface area contributed by atoms with E-state index < -0.39 is 22.2 Å². The van der Waals surface area contributed by atoms with Gasteiger partial charge in [-0.3, -0.25) is 9.82 Å². The van der Waals surface area contributed by atoms with Gasteiger partial charge in [-0.25, -0.2) is 8.42 Å². The Labute approximate surface area is 235 Å². The van der Waals surface area contributed by atoms with Gasteiger partial charge in [-0.1, -0.05) is 0 Å². The molecule has 4 heterocycles. The monoisotopic (exact) mass is 581 g/mol. The highest BCUT2D eigenvalue weighted by Gasteiger charge is 2.33. The molecule has 16 heteroatoms. The lowest BCUT2D eigenvalue weighted by Crippen LogP contribution is -2.53. The second-order valence-corrected chi connectivity index (χ2v) is 12.1. The number of aliphatic hydroxyl groups is 2. The molecule has 4 aromatic rings. The van der Waals surface area contributed by atoms with Crippen molar-refractivity contribution in [2.75, 3.05) is 46.0 Å². The van der Waals surface area contributed by atoms with Crippen LogP contribution in [-0.4, -0.2) is 94.3 Å². The van der Waals surface area contributed by atoms with Gasteiger partial charge in [0.1, 0.15) is 0 Å². The predicted molar refractivity (Wildman–Crippen MR) is 153 cm³/mol. The average Bonchev–Trinajstić information content (AvgIpc) is 3.53. The van der Waals surface area contributed by atoms with Crippen LogP contribution < -0.4 is 31.3 Å². The first kappa shape index (κ1) is 27.1. The molecule has 0 spiro atoms. The number of piperidine rings is 1. The minimum absolute atomic E-state index is 0.0705. The molecule has 0 amide bonds. The minimum Gasteiger partial charge on any atom is -0.388 e. The van der Waals surface area contributed by atoms with Crippen LogP contribution in [0.1, 0.15) is 6.42 Å². The molecule has 0 unspecified atom stereocenters. The van der Waals surface area contributed by atoms with Gasteiger partial charge in [-0.05, 0) is 48.9 Å². The molecule has 2 fully saturated rings. The van der Waals surface area contributed by atoms with Gasteiger partial charge in [0, 0.05) is 49.3 Å². The molecule has 4 atom stereocenters. The van der Waals surface area contributed by atoms with Crippen LogP contribution >= 0.6 is 0 Å². The fraction of sp³-hybridized carbons (Fsp3) is 0.360. The van der Waals surface area contributed by atoms with Crippen LogP contribution in [0.5, 0.6) is 0 Å². The number of nitrogens with zero attached hydrogens (tertiary/aromatic N) is 6. The average molecular weight is 582 g/mol. The number of hydrogen-bond donors (Lipinski definition) is 7. The topological polar surface area (TPSA) is 225 Å². The van der Waals surface area contributed by atoms with Crippen molar-refractivity contribution >= 4 is 50.1 Å². The van der Waals surface area contributed by atoms with E-state index in [1.807, 2.05) is 4.90 Å². The number of aromatic nitrogens is 5. The van der Waals surface area contributed by atoms with Crippen molar-refractivity contribution in [3.63, 3.8) is 0 Å². The van der Waals surface area contributed by atoms with Gasteiger partial charge in [0.15, 0.2) is 0 Å². The summed E-state index contributed by atoms with van der Waals surface area (Å²) in [5, 5.41) is 30.9. The van der Waals surface area contributed by atoms with Gasteiger partial charge >= 0.3 is 0 Å². The van der Waals surface area contributed by atoms with Crippen LogP contribution in [0.4, 0.5) is 29.2 Å². The number of fused-ring (bicyclic) bond motifs is 1. The number of β-amino-alcohol motifs (C(OH)–C–C–N with tert-alkyl or cyclic N) is 2. The van der Waals surface area contributed by atoms with E-state index in [1.54, 1.807) is 41.4 Å². The Bertz CT molecular complexity index is 1630. The summed E-state index contributed by atoms with van der Waals surface area (Å²) in [4.78, 5) is 17.3. The Balaban J connectivity index is 1.23. The maximum atomic E-state index is 13.0. The summed E-state index contributed by atoms with van der Waals surface area (Å²) in [6, 6.07) is 11.0. The van der Waals surface area contributed by atoms with E-state index in [0.29, 0.717) is 42.4 Å². The molecule has 2 aromatic carbocycles. The van der Waals surface area contributed by atoms with Crippen molar-refractivity contribution in [2.24, 2.45) is 11.5 Å². The van der Waals surface area contributed by atoms with Crippen molar-refractivity contribution in [1.82, 2.24) is 25.1 Å². The molecule has 15 nitrogen and oxygen atoms in total. The van der Waals surface area contributed by atoms with Crippen molar-refractivity contribution in [3.8, 4) is 0 Å². The van der Waals surface area contributed by atoms with Crippen LogP contribution in [0.15, 0.2) is 53.6 Å². The van der Waals surface area contributed by atoms with Crippen LogP contribution in [0.2, 0.25) is 0 Å². The van der Waals surface area contributed by atoms with Gasteiger partial charge < -0.3 is 36.8 Å².